The molecule has 0 bridgehead atoms. The highest BCUT2D eigenvalue weighted by atomic mass is 16.5. The van der Waals surface area contributed by atoms with Crippen molar-refractivity contribution in [1.82, 2.24) is 10.3 Å². The molecule has 1 heterocycles. The number of amides is 1. The van der Waals surface area contributed by atoms with Crippen LogP contribution < -0.4 is 20.2 Å². The number of aromatic amines is 1. The second kappa shape index (κ2) is 8.37. The van der Waals surface area contributed by atoms with Gasteiger partial charge in [-0.3, -0.25) is 9.59 Å². The molecule has 0 aliphatic carbocycles. The average Bonchev–Trinajstić information content (AvgIpc) is 2.59. The van der Waals surface area contributed by atoms with Crippen molar-refractivity contribution in [2.24, 2.45) is 5.92 Å². The van der Waals surface area contributed by atoms with Crippen LogP contribution in [0.3, 0.4) is 0 Å². The van der Waals surface area contributed by atoms with Crippen LogP contribution in [0.25, 0.3) is 0 Å². The predicted molar refractivity (Wildman–Crippen MR) is 96.0 cm³/mol. The van der Waals surface area contributed by atoms with Crippen molar-refractivity contribution < 1.29 is 14.3 Å². The van der Waals surface area contributed by atoms with Crippen LogP contribution in [0, 0.1) is 12.8 Å². The number of carbonyl (C=O) groups is 1. The van der Waals surface area contributed by atoms with Gasteiger partial charge in [-0.25, -0.2) is 0 Å². The number of ether oxygens (including phenoxy) is 2. The topological polar surface area (TPSA) is 80.4 Å². The number of aromatic nitrogens is 1. The first kappa shape index (κ1) is 18.6. The molecule has 6 heteroatoms. The number of carbonyl (C=O) groups excluding carboxylic acids is 1. The second-order valence-electron chi connectivity index (χ2n) is 6.20. The summed E-state index contributed by atoms with van der Waals surface area (Å²) in [5.41, 5.74) is 1.47. The van der Waals surface area contributed by atoms with Crippen LogP contribution in [-0.2, 0) is 4.79 Å². The van der Waals surface area contributed by atoms with E-state index in [0.29, 0.717) is 0 Å². The maximum absolute atomic E-state index is 12.2. The molecule has 2 rings (SSSR count). The van der Waals surface area contributed by atoms with Crippen molar-refractivity contribution in [3.63, 3.8) is 0 Å². The molecule has 1 amide bonds. The first-order valence-corrected chi connectivity index (χ1v) is 8.16. The van der Waals surface area contributed by atoms with Crippen molar-refractivity contribution in [2.75, 3.05) is 13.7 Å². The molecule has 0 aliphatic heterocycles. The van der Waals surface area contributed by atoms with Crippen LogP contribution in [0.15, 0.2) is 41.3 Å². The number of benzene rings is 1. The zero-order chi connectivity index (χ0) is 18.4. The predicted octanol–water partition coefficient (Wildman–Crippen LogP) is 2.58. The standard InChI is InChI=1S/C19H24N2O4/c1-12(2)19(14-5-7-15(24-4)8-6-14)21-18(23)11-25-17-10-20-13(3)9-16(17)22/h5-10,12,19H,11H2,1-4H3,(H,20,22)(H,21,23). The number of nitrogens with one attached hydrogen (secondary N) is 2. The first-order chi connectivity index (χ1) is 11.9. The molecule has 0 aliphatic rings. The Morgan fingerprint density at radius 1 is 1.24 bits per heavy atom. The molecule has 134 valence electrons. The van der Waals surface area contributed by atoms with Crippen LogP contribution in [0.5, 0.6) is 11.5 Å². The summed E-state index contributed by atoms with van der Waals surface area (Å²) in [6.45, 7) is 5.62. The van der Waals surface area contributed by atoms with Gasteiger partial charge in [0.05, 0.1) is 13.2 Å². The molecule has 1 atom stereocenters. The normalized spacial score (nSPS) is 11.9. The summed E-state index contributed by atoms with van der Waals surface area (Å²) in [4.78, 5) is 26.9. The summed E-state index contributed by atoms with van der Waals surface area (Å²) in [6.07, 6.45) is 1.47. The van der Waals surface area contributed by atoms with E-state index < -0.39 is 0 Å². The summed E-state index contributed by atoms with van der Waals surface area (Å²) in [6, 6.07) is 8.85. The van der Waals surface area contributed by atoms with Gasteiger partial charge >= 0.3 is 0 Å². The lowest BCUT2D eigenvalue weighted by Crippen LogP contribution is -2.35. The summed E-state index contributed by atoms with van der Waals surface area (Å²) in [7, 11) is 1.61. The third-order valence-corrected chi connectivity index (χ3v) is 3.84. The Morgan fingerprint density at radius 3 is 2.48 bits per heavy atom. The molecule has 2 aromatic rings. The smallest absolute Gasteiger partial charge is 0.258 e. The van der Waals surface area contributed by atoms with Crippen LogP contribution >= 0.6 is 0 Å². The molecule has 0 saturated carbocycles. The molecule has 1 aromatic carbocycles. The van der Waals surface area contributed by atoms with E-state index >= 15 is 0 Å². The number of pyridine rings is 1. The van der Waals surface area contributed by atoms with Gasteiger partial charge in [-0.15, -0.1) is 0 Å². The number of hydrogen-bond donors (Lipinski definition) is 2. The van der Waals surface area contributed by atoms with Gasteiger partial charge in [-0.2, -0.15) is 0 Å². The summed E-state index contributed by atoms with van der Waals surface area (Å²) >= 11 is 0. The zero-order valence-corrected chi connectivity index (χ0v) is 15.0. The Hall–Kier alpha value is -2.76. The Balaban J connectivity index is 2.01. The molecule has 0 radical (unpaired) electrons. The highest BCUT2D eigenvalue weighted by Crippen LogP contribution is 2.23. The van der Waals surface area contributed by atoms with Gasteiger partial charge in [0.2, 0.25) is 5.43 Å². The maximum atomic E-state index is 12.2. The van der Waals surface area contributed by atoms with Crippen molar-refractivity contribution in [3.05, 3.63) is 58.0 Å². The molecule has 0 spiro atoms. The molecular weight excluding hydrogens is 320 g/mol. The number of rotatable bonds is 7. The number of methoxy groups -OCH3 is 1. The third-order valence-electron chi connectivity index (χ3n) is 3.84. The molecule has 0 fully saturated rings. The van der Waals surface area contributed by atoms with E-state index in [1.54, 1.807) is 14.0 Å². The monoisotopic (exact) mass is 344 g/mol. The Kier molecular flexibility index (Phi) is 6.22. The minimum Gasteiger partial charge on any atom is -0.497 e. The highest BCUT2D eigenvalue weighted by Gasteiger charge is 2.19. The van der Waals surface area contributed by atoms with Gasteiger partial charge < -0.3 is 19.8 Å². The quantitative estimate of drug-likeness (QED) is 0.809. The van der Waals surface area contributed by atoms with Gasteiger partial charge in [-0.05, 0) is 30.5 Å². The lowest BCUT2D eigenvalue weighted by atomic mass is 9.96. The van der Waals surface area contributed by atoms with E-state index in [2.05, 4.69) is 10.3 Å². The van der Waals surface area contributed by atoms with Gasteiger partial charge in [0.1, 0.15) is 5.75 Å². The van der Waals surface area contributed by atoms with E-state index in [0.717, 1.165) is 17.0 Å². The Labute approximate surface area is 147 Å². The van der Waals surface area contributed by atoms with E-state index in [1.165, 1.54) is 12.3 Å². The molecule has 2 N–H and O–H groups in total. The van der Waals surface area contributed by atoms with Gasteiger partial charge in [0, 0.05) is 18.0 Å². The van der Waals surface area contributed by atoms with Gasteiger partial charge in [0.25, 0.3) is 5.91 Å². The minimum atomic E-state index is -0.283. The van der Waals surface area contributed by atoms with Crippen LogP contribution in [0.4, 0.5) is 0 Å². The SMILES string of the molecule is COc1ccc(C(NC(=O)COc2c[nH]c(C)cc2=O)C(C)C)cc1. The van der Waals surface area contributed by atoms with Crippen molar-refractivity contribution >= 4 is 5.91 Å². The molecule has 1 aromatic heterocycles. The fourth-order valence-electron chi connectivity index (χ4n) is 2.48. The Bertz CT molecular complexity index is 766. The highest BCUT2D eigenvalue weighted by molar-refractivity contribution is 5.78. The summed E-state index contributed by atoms with van der Waals surface area (Å²) < 4.78 is 10.5. The van der Waals surface area contributed by atoms with E-state index in [-0.39, 0.29) is 35.7 Å². The zero-order valence-electron chi connectivity index (χ0n) is 15.0. The van der Waals surface area contributed by atoms with Crippen molar-refractivity contribution in [2.45, 2.75) is 26.8 Å². The Morgan fingerprint density at radius 2 is 1.92 bits per heavy atom. The number of H-pyrrole nitrogens is 1. The largest absolute Gasteiger partial charge is 0.497 e. The van der Waals surface area contributed by atoms with E-state index in [9.17, 15) is 9.59 Å². The summed E-state index contributed by atoms with van der Waals surface area (Å²) in [5.74, 6) is 0.806. The van der Waals surface area contributed by atoms with E-state index in [4.69, 9.17) is 9.47 Å². The van der Waals surface area contributed by atoms with Crippen molar-refractivity contribution in [1.29, 1.82) is 0 Å². The second-order valence-corrected chi connectivity index (χ2v) is 6.20. The van der Waals surface area contributed by atoms with E-state index in [1.807, 2.05) is 38.1 Å². The lowest BCUT2D eigenvalue weighted by molar-refractivity contribution is -0.124. The third kappa shape index (κ3) is 5.11. The maximum Gasteiger partial charge on any atom is 0.258 e. The molecule has 6 nitrogen and oxygen atoms in total. The van der Waals surface area contributed by atoms with Crippen LogP contribution in [0.1, 0.15) is 31.1 Å². The average molecular weight is 344 g/mol. The number of hydrogen-bond acceptors (Lipinski definition) is 4. The molecule has 25 heavy (non-hydrogen) atoms. The fraction of sp³-hybridized carbons (Fsp3) is 0.368. The van der Waals surface area contributed by atoms with Crippen LogP contribution in [-0.4, -0.2) is 24.6 Å². The molecule has 1 unspecified atom stereocenters. The van der Waals surface area contributed by atoms with Crippen molar-refractivity contribution in [3.8, 4) is 11.5 Å². The first-order valence-electron chi connectivity index (χ1n) is 8.16. The molecular formula is C19H24N2O4. The minimum absolute atomic E-state index is 0.131. The lowest BCUT2D eigenvalue weighted by Gasteiger charge is -2.23. The summed E-state index contributed by atoms with van der Waals surface area (Å²) in [5, 5.41) is 2.95. The molecule has 0 saturated heterocycles. The van der Waals surface area contributed by atoms with Gasteiger partial charge in [-0.1, -0.05) is 26.0 Å². The van der Waals surface area contributed by atoms with Crippen LogP contribution in [0.2, 0.25) is 0 Å². The number of aryl methyl sites for hydroxylation is 1. The van der Waals surface area contributed by atoms with Gasteiger partial charge in [0.15, 0.2) is 12.4 Å². The fourth-order valence-corrected chi connectivity index (χ4v) is 2.48.